The number of carbonyl (C=O) groups is 2. The summed E-state index contributed by atoms with van der Waals surface area (Å²) in [6.45, 7) is 5.77. The number of aromatic nitrogens is 2. The molecule has 0 bridgehead atoms. The van der Waals surface area contributed by atoms with Crippen molar-refractivity contribution in [1.82, 2.24) is 19.6 Å². The minimum atomic E-state index is -0.867. The van der Waals surface area contributed by atoms with Crippen LogP contribution in [0.5, 0.6) is 0 Å². The maximum absolute atomic E-state index is 13.2. The van der Waals surface area contributed by atoms with Gasteiger partial charge in [-0.1, -0.05) is 17.8 Å². The number of nitrogens with zero attached hydrogens (tertiary/aromatic N) is 5. The molecular weight excluding hydrogens is 554 g/mol. The Hall–Kier alpha value is -3.89. The molecule has 0 saturated carbocycles. The van der Waals surface area contributed by atoms with Crippen LogP contribution in [0.1, 0.15) is 18.3 Å². The molecule has 2 aliphatic heterocycles. The van der Waals surface area contributed by atoms with Crippen molar-refractivity contribution in [2.24, 2.45) is 5.16 Å². The van der Waals surface area contributed by atoms with E-state index < -0.39 is 28.2 Å². The molecular formula is C22H21N7O6S3. The van der Waals surface area contributed by atoms with E-state index in [4.69, 9.17) is 27.5 Å². The molecule has 3 heterocycles. The lowest BCUT2D eigenvalue weighted by atomic mass is 10.0. The molecule has 1 aromatic carbocycles. The molecule has 3 N–H and O–H groups in total. The molecule has 1 saturated heterocycles. The van der Waals surface area contributed by atoms with E-state index in [9.17, 15) is 19.7 Å². The zero-order valence-corrected chi connectivity index (χ0v) is 22.3. The van der Waals surface area contributed by atoms with Crippen LogP contribution in [0.4, 0.5) is 10.8 Å². The molecule has 13 nitrogen and oxygen atoms in total. The van der Waals surface area contributed by atoms with Crippen LogP contribution in [0.15, 0.2) is 53.3 Å². The lowest BCUT2D eigenvalue weighted by molar-refractivity contribution is -0.384. The summed E-state index contributed by atoms with van der Waals surface area (Å²) in [6, 6.07) is 5.00. The first-order valence-corrected chi connectivity index (χ1v) is 13.3. The van der Waals surface area contributed by atoms with E-state index in [0.717, 1.165) is 11.5 Å². The molecule has 2 aliphatic rings. The third-order valence-electron chi connectivity index (χ3n) is 5.39. The highest BCUT2D eigenvalue weighted by Crippen LogP contribution is 2.41. The van der Waals surface area contributed by atoms with Gasteiger partial charge in [-0.2, -0.15) is 9.36 Å². The maximum Gasteiger partial charge on any atom is 0.278 e. The van der Waals surface area contributed by atoms with Gasteiger partial charge in [-0.25, -0.2) is 0 Å². The Kier molecular flexibility index (Phi) is 8.33. The number of β-lactam (4-membered cyclic amide) rings is 1. The molecule has 198 valence electrons. The minimum absolute atomic E-state index is 0.00581. The van der Waals surface area contributed by atoms with Crippen molar-refractivity contribution in [1.29, 1.82) is 0 Å². The number of nitrogens with one attached hydrogen (secondary N) is 1. The van der Waals surface area contributed by atoms with Crippen LogP contribution in [-0.2, 0) is 25.8 Å². The minimum Gasteiger partial charge on any atom is -0.477 e. The summed E-state index contributed by atoms with van der Waals surface area (Å²) in [5.41, 5.74) is 7.16. The fraction of sp³-hybridized carbons (Fsp3) is 0.273. The second-order valence-electron chi connectivity index (χ2n) is 7.75. The predicted octanol–water partition coefficient (Wildman–Crippen LogP) is 2.15. The summed E-state index contributed by atoms with van der Waals surface area (Å²) in [7, 11) is 0. The van der Waals surface area contributed by atoms with Gasteiger partial charge in [0.05, 0.1) is 4.92 Å². The SMILES string of the molecule is C=CC1=C(C(=S)OCc2ccc([N+](=O)[O-])cc2)N2C(=O)C(NC(=O)C(=NOCC)c3nsc(N)n3)[C@H]2SC1. The fourth-order valence-electron chi connectivity index (χ4n) is 3.57. The Labute approximate surface area is 230 Å². The topological polar surface area (TPSA) is 175 Å². The second kappa shape index (κ2) is 11.7. The molecule has 38 heavy (non-hydrogen) atoms. The second-order valence-corrected chi connectivity index (χ2v) is 10.0. The Bertz CT molecular complexity index is 1360. The average molecular weight is 576 g/mol. The smallest absolute Gasteiger partial charge is 0.278 e. The highest BCUT2D eigenvalue weighted by molar-refractivity contribution is 8.00. The van der Waals surface area contributed by atoms with Crippen molar-refractivity contribution < 1.29 is 24.1 Å². The van der Waals surface area contributed by atoms with E-state index in [0.29, 0.717) is 22.6 Å². The number of allylic oxidation sites excluding steroid dienone is 1. The number of ether oxygens (including phenoxy) is 1. The van der Waals surface area contributed by atoms with Gasteiger partial charge in [0.1, 0.15) is 30.3 Å². The maximum atomic E-state index is 13.2. The quantitative estimate of drug-likeness (QED) is 0.140. The average Bonchev–Trinajstić information content (AvgIpc) is 3.35. The van der Waals surface area contributed by atoms with E-state index >= 15 is 0 Å². The number of anilines is 1. The molecule has 1 fully saturated rings. The van der Waals surface area contributed by atoms with Crippen LogP contribution in [0.3, 0.4) is 0 Å². The number of hydrogen-bond donors (Lipinski definition) is 2. The number of fused-ring (bicyclic) bond motifs is 1. The first-order chi connectivity index (χ1) is 18.2. The van der Waals surface area contributed by atoms with Gasteiger partial charge in [0.15, 0.2) is 5.13 Å². The van der Waals surface area contributed by atoms with Gasteiger partial charge in [-0.3, -0.25) is 24.6 Å². The monoisotopic (exact) mass is 575 g/mol. The number of nitrogen functional groups attached to an aromatic ring is 1. The number of hydrogen-bond acceptors (Lipinski definition) is 13. The Morgan fingerprint density at radius 3 is 2.79 bits per heavy atom. The molecule has 0 spiro atoms. The largest absolute Gasteiger partial charge is 0.477 e. The third kappa shape index (κ3) is 5.51. The van der Waals surface area contributed by atoms with E-state index in [1.807, 2.05) is 0 Å². The number of benzene rings is 1. The number of non-ortho nitro benzene ring substituents is 1. The van der Waals surface area contributed by atoms with E-state index in [1.54, 1.807) is 25.1 Å². The molecule has 2 atom stereocenters. The van der Waals surface area contributed by atoms with Gasteiger partial charge in [0.2, 0.25) is 16.6 Å². The van der Waals surface area contributed by atoms with Crippen molar-refractivity contribution in [3.63, 3.8) is 0 Å². The van der Waals surface area contributed by atoms with Crippen LogP contribution in [0.25, 0.3) is 0 Å². The molecule has 2 amide bonds. The summed E-state index contributed by atoms with van der Waals surface area (Å²) in [6.07, 6.45) is 1.60. The molecule has 4 rings (SSSR count). The first kappa shape index (κ1) is 27.2. The predicted molar refractivity (Wildman–Crippen MR) is 145 cm³/mol. The number of oxime groups is 1. The summed E-state index contributed by atoms with van der Waals surface area (Å²) in [4.78, 5) is 47.0. The highest BCUT2D eigenvalue weighted by Gasteiger charge is 2.53. The van der Waals surface area contributed by atoms with Gasteiger partial charge in [-0.15, -0.1) is 11.8 Å². The first-order valence-electron chi connectivity index (χ1n) is 11.1. The number of amides is 2. The molecule has 16 heteroatoms. The lowest BCUT2D eigenvalue weighted by Gasteiger charge is -2.50. The van der Waals surface area contributed by atoms with Crippen LogP contribution < -0.4 is 11.1 Å². The summed E-state index contributed by atoms with van der Waals surface area (Å²) in [5, 5.41) is 17.1. The van der Waals surface area contributed by atoms with Crippen LogP contribution in [-0.4, -0.2) is 65.5 Å². The Morgan fingerprint density at radius 2 is 2.18 bits per heavy atom. The summed E-state index contributed by atoms with van der Waals surface area (Å²) in [5.74, 6) is -0.613. The van der Waals surface area contributed by atoms with Crippen LogP contribution >= 0.6 is 35.5 Å². The molecule has 0 radical (unpaired) electrons. The van der Waals surface area contributed by atoms with E-state index in [2.05, 4.69) is 26.4 Å². The number of thioether (sulfide) groups is 1. The fourth-order valence-corrected chi connectivity index (χ4v) is 5.64. The molecule has 2 aromatic rings. The molecule has 1 aromatic heterocycles. The molecule has 1 unspecified atom stereocenters. The number of rotatable bonds is 10. The van der Waals surface area contributed by atoms with Gasteiger partial charge in [0, 0.05) is 29.4 Å². The Morgan fingerprint density at radius 1 is 1.45 bits per heavy atom. The van der Waals surface area contributed by atoms with Crippen molar-refractivity contribution in [3.05, 3.63) is 69.7 Å². The lowest BCUT2D eigenvalue weighted by Crippen LogP contribution is -2.71. The Balaban J connectivity index is 1.46. The number of nitrogens with two attached hydrogens (primary N) is 1. The van der Waals surface area contributed by atoms with Gasteiger partial charge in [-0.05, 0) is 42.4 Å². The number of carbonyl (C=O) groups excluding carboxylic acids is 2. The summed E-state index contributed by atoms with van der Waals surface area (Å²) < 4.78 is 9.77. The van der Waals surface area contributed by atoms with E-state index in [-0.39, 0.29) is 40.6 Å². The summed E-state index contributed by atoms with van der Waals surface area (Å²) >= 11 is 7.82. The number of thiocarbonyl (C=S) groups is 1. The van der Waals surface area contributed by atoms with Crippen molar-refractivity contribution >= 4 is 68.9 Å². The third-order valence-corrected chi connectivity index (χ3v) is 7.55. The number of nitro benzene ring substituents is 1. The van der Waals surface area contributed by atoms with Gasteiger partial charge >= 0.3 is 0 Å². The van der Waals surface area contributed by atoms with Crippen molar-refractivity contribution in [2.75, 3.05) is 18.1 Å². The van der Waals surface area contributed by atoms with Gasteiger partial charge in [0.25, 0.3) is 17.5 Å². The standard InChI is InChI=1S/C22H21N7O6S3/c1-3-12-10-37-20-15(24-18(30)14(26-35-4-2)17-25-22(23)38-27-17)19(31)28(20)16(12)21(36)34-9-11-5-7-13(8-6-11)29(32)33/h3,5-8,15,20H,1,4,9-10H2,2H3,(H,24,30)(H2,23,25,27)/t15?,20-/m1/s1. The molecule has 0 aliphatic carbocycles. The zero-order valence-electron chi connectivity index (χ0n) is 19.9. The van der Waals surface area contributed by atoms with E-state index in [1.165, 1.54) is 28.8 Å². The van der Waals surface area contributed by atoms with Crippen LogP contribution in [0.2, 0.25) is 0 Å². The highest BCUT2D eigenvalue weighted by atomic mass is 32.2. The van der Waals surface area contributed by atoms with Crippen LogP contribution in [0, 0.1) is 10.1 Å². The zero-order chi connectivity index (χ0) is 27.4. The normalized spacial score (nSPS) is 18.8. The number of nitro groups is 1. The van der Waals surface area contributed by atoms with Gasteiger partial charge < -0.3 is 20.6 Å². The van der Waals surface area contributed by atoms with Crippen molar-refractivity contribution in [3.8, 4) is 0 Å². The van der Waals surface area contributed by atoms with Crippen molar-refractivity contribution in [2.45, 2.75) is 24.9 Å².